The molecule has 0 unspecified atom stereocenters. The lowest BCUT2D eigenvalue weighted by atomic mass is 9.89. The van der Waals surface area contributed by atoms with E-state index in [-0.39, 0.29) is 12.3 Å². The van der Waals surface area contributed by atoms with Gasteiger partial charge in [0.15, 0.2) is 0 Å². The van der Waals surface area contributed by atoms with E-state index in [0.717, 1.165) is 51.0 Å². The first-order chi connectivity index (χ1) is 10.4. The summed E-state index contributed by atoms with van der Waals surface area (Å²) in [4.78, 5) is 16.7. The van der Waals surface area contributed by atoms with Crippen LogP contribution in [0.2, 0.25) is 0 Å². The number of nitrogens with zero attached hydrogens (tertiary/aromatic N) is 1. The fourth-order valence-corrected chi connectivity index (χ4v) is 3.03. The summed E-state index contributed by atoms with van der Waals surface area (Å²) in [5, 5.41) is 6.10. The van der Waals surface area contributed by atoms with Crippen LogP contribution in [0.1, 0.15) is 57.8 Å². The largest absolute Gasteiger partial charge is 0.389 e. The summed E-state index contributed by atoms with van der Waals surface area (Å²) in [5.74, 6) is 0.761. The second-order valence-electron chi connectivity index (χ2n) is 6.18. The van der Waals surface area contributed by atoms with Crippen LogP contribution in [0.25, 0.3) is 0 Å². The monoisotopic (exact) mass is 319 g/mol. The highest BCUT2D eigenvalue weighted by atomic mass is 19.4. The van der Waals surface area contributed by atoms with Crippen molar-refractivity contribution in [1.29, 1.82) is 0 Å². The van der Waals surface area contributed by atoms with Crippen molar-refractivity contribution in [3.63, 3.8) is 0 Å². The SMILES string of the molecule is O=C1NC(CCCCCCCC(F)(F)F)=NC12CCNCC2. The number of piperidine rings is 1. The van der Waals surface area contributed by atoms with E-state index in [2.05, 4.69) is 15.6 Å². The van der Waals surface area contributed by atoms with Crippen molar-refractivity contribution in [1.82, 2.24) is 10.6 Å². The van der Waals surface area contributed by atoms with Crippen LogP contribution in [0.15, 0.2) is 4.99 Å². The molecule has 0 aromatic heterocycles. The summed E-state index contributed by atoms with van der Waals surface area (Å²) < 4.78 is 36.0. The topological polar surface area (TPSA) is 53.5 Å². The third kappa shape index (κ3) is 4.97. The molecule has 1 amide bonds. The van der Waals surface area contributed by atoms with E-state index < -0.39 is 18.1 Å². The van der Waals surface area contributed by atoms with Gasteiger partial charge in [-0.2, -0.15) is 13.2 Å². The quantitative estimate of drug-likeness (QED) is 0.709. The van der Waals surface area contributed by atoms with Gasteiger partial charge >= 0.3 is 6.18 Å². The van der Waals surface area contributed by atoms with Crippen molar-refractivity contribution < 1.29 is 18.0 Å². The summed E-state index contributed by atoms with van der Waals surface area (Å²) in [6.45, 7) is 1.62. The predicted octanol–water partition coefficient (Wildman–Crippen LogP) is 2.93. The maximum Gasteiger partial charge on any atom is 0.389 e. The minimum absolute atomic E-state index is 0.00850. The number of amides is 1. The van der Waals surface area contributed by atoms with Crippen LogP contribution in [-0.2, 0) is 4.79 Å². The molecule has 0 aromatic carbocycles. The first-order valence-electron chi connectivity index (χ1n) is 8.09. The molecule has 0 radical (unpaired) electrons. The zero-order valence-corrected chi connectivity index (χ0v) is 12.8. The highest BCUT2D eigenvalue weighted by molar-refractivity contribution is 6.08. The van der Waals surface area contributed by atoms with Gasteiger partial charge in [0.1, 0.15) is 11.4 Å². The van der Waals surface area contributed by atoms with E-state index in [1.165, 1.54) is 0 Å². The molecule has 22 heavy (non-hydrogen) atoms. The Morgan fingerprint density at radius 1 is 1.05 bits per heavy atom. The summed E-state index contributed by atoms with van der Waals surface area (Å²) in [6.07, 6.45) is 0.802. The number of unbranched alkanes of at least 4 members (excludes halogenated alkanes) is 4. The van der Waals surface area contributed by atoms with Gasteiger partial charge in [-0.05, 0) is 38.8 Å². The minimum atomic E-state index is -4.04. The first-order valence-corrected chi connectivity index (χ1v) is 8.09. The number of nitrogens with one attached hydrogen (secondary N) is 2. The average molecular weight is 319 g/mol. The Bertz CT molecular complexity index is 415. The zero-order valence-electron chi connectivity index (χ0n) is 12.8. The van der Waals surface area contributed by atoms with Gasteiger partial charge in [-0.1, -0.05) is 19.3 Å². The van der Waals surface area contributed by atoms with Crippen molar-refractivity contribution in [3.8, 4) is 0 Å². The lowest BCUT2D eigenvalue weighted by Gasteiger charge is -2.28. The van der Waals surface area contributed by atoms with Crippen LogP contribution < -0.4 is 10.6 Å². The van der Waals surface area contributed by atoms with Crippen LogP contribution in [0, 0.1) is 0 Å². The second kappa shape index (κ2) is 7.44. The Labute approximate surface area is 128 Å². The molecule has 2 aliphatic rings. The number of hydrogen-bond acceptors (Lipinski definition) is 3. The molecule has 0 atom stereocenters. The number of carbonyl (C=O) groups is 1. The number of hydrogen-bond donors (Lipinski definition) is 2. The Morgan fingerprint density at radius 3 is 2.36 bits per heavy atom. The number of alkyl halides is 3. The van der Waals surface area contributed by atoms with Gasteiger partial charge in [0.2, 0.25) is 0 Å². The number of rotatable bonds is 7. The number of halogens is 3. The van der Waals surface area contributed by atoms with Gasteiger partial charge in [0, 0.05) is 12.8 Å². The molecule has 2 aliphatic heterocycles. The lowest BCUT2D eigenvalue weighted by Crippen LogP contribution is -2.47. The Hall–Kier alpha value is -1.11. The molecule has 0 saturated carbocycles. The molecule has 4 nitrogen and oxygen atoms in total. The summed E-state index contributed by atoms with van der Waals surface area (Å²) in [6, 6.07) is 0. The van der Waals surface area contributed by atoms with Gasteiger partial charge < -0.3 is 10.6 Å². The summed E-state index contributed by atoms with van der Waals surface area (Å²) in [7, 11) is 0. The van der Waals surface area contributed by atoms with Crippen LogP contribution in [0.4, 0.5) is 13.2 Å². The van der Waals surface area contributed by atoms with Gasteiger partial charge in [0.05, 0.1) is 0 Å². The molecule has 2 rings (SSSR count). The smallest absolute Gasteiger partial charge is 0.317 e. The van der Waals surface area contributed by atoms with E-state index in [9.17, 15) is 18.0 Å². The second-order valence-corrected chi connectivity index (χ2v) is 6.18. The molecule has 0 aromatic rings. The Morgan fingerprint density at radius 2 is 1.68 bits per heavy atom. The molecule has 1 spiro atoms. The highest BCUT2D eigenvalue weighted by Gasteiger charge is 2.43. The maximum atomic E-state index is 12.1. The number of carbonyl (C=O) groups excluding carboxylic acids is 1. The van der Waals surface area contributed by atoms with E-state index >= 15 is 0 Å². The standard InChI is InChI=1S/C15H24F3N3O/c16-15(17,18)7-5-3-1-2-4-6-12-20-13(22)14(21-12)8-10-19-11-9-14/h19H,1-11H2,(H,20,21,22). The predicted molar refractivity (Wildman–Crippen MR) is 78.8 cm³/mol. The van der Waals surface area contributed by atoms with E-state index in [4.69, 9.17) is 0 Å². The fraction of sp³-hybridized carbons (Fsp3) is 0.867. The molecular weight excluding hydrogens is 295 g/mol. The lowest BCUT2D eigenvalue weighted by molar-refractivity contribution is -0.135. The molecule has 1 saturated heterocycles. The van der Waals surface area contributed by atoms with Crippen molar-refractivity contribution in [2.75, 3.05) is 13.1 Å². The molecule has 126 valence electrons. The van der Waals surface area contributed by atoms with Crippen LogP contribution in [0.3, 0.4) is 0 Å². The molecule has 7 heteroatoms. The highest BCUT2D eigenvalue weighted by Crippen LogP contribution is 2.28. The van der Waals surface area contributed by atoms with Crippen LogP contribution >= 0.6 is 0 Å². The van der Waals surface area contributed by atoms with Crippen LogP contribution in [-0.4, -0.2) is 36.5 Å². The average Bonchev–Trinajstić information content (AvgIpc) is 2.73. The molecule has 2 heterocycles. The third-order valence-corrected chi connectivity index (χ3v) is 4.33. The normalized spacial score (nSPS) is 21.0. The van der Waals surface area contributed by atoms with E-state index in [1.807, 2.05) is 0 Å². The minimum Gasteiger partial charge on any atom is -0.317 e. The van der Waals surface area contributed by atoms with Gasteiger partial charge in [-0.15, -0.1) is 0 Å². The Balaban J connectivity index is 1.61. The molecule has 0 aliphatic carbocycles. The van der Waals surface area contributed by atoms with E-state index in [1.54, 1.807) is 0 Å². The maximum absolute atomic E-state index is 12.1. The summed E-state index contributed by atoms with van der Waals surface area (Å²) >= 11 is 0. The van der Waals surface area contributed by atoms with Crippen molar-refractivity contribution >= 4 is 11.7 Å². The molecular formula is C15H24F3N3O. The van der Waals surface area contributed by atoms with Gasteiger partial charge in [-0.25, -0.2) is 0 Å². The molecule has 2 N–H and O–H groups in total. The molecule has 1 fully saturated rings. The Kier molecular flexibility index (Phi) is 5.83. The van der Waals surface area contributed by atoms with Crippen LogP contribution in [0.5, 0.6) is 0 Å². The first kappa shape index (κ1) is 17.2. The third-order valence-electron chi connectivity index (χ3n) is 4.33. The summed E-state index contributed by atoms with van der Waals surface area (Å²) in [5.41, 5.74) is -0.562. The molecule has 0 bridgehead atoms. The number of aliphatic imine (C=N–C) groups is 1. The van der Waals surface area contributed by atoms with Gasteiger partial charge in [-0.3, -0.25) is 9.79 Å². The van der Waals surface area contributed by atoms with E-state index in [0.29, 0.717) is 12.8 Å². The zero-order chi connectivity index (χ0) is 16.1. The van der Waals surface area contributed by atoms with Crippen molar-refractivity contribution in [2.45, 2.75) is 69.5 Å². The van der Waals surface area contributed by atoms with Gasteiger partial charge in [0.25, 0.3) is 5.91 Å². The van der Waals surface area contributed by atoms with Crippen molar-refractivity contribution in [2.24, 2.45) is 4.99 Å². The number of amidine groups is 1. The fourth-order valence-electron chi connectivity index (χ4n) is 3.03. The van der Waals surface area contributed by atoms with Crippen molar-refractivity contribution in [3.05, 3.63) is 0 Å².